The SMILES string of the molecule is Cc1ccc(-c2nc(CNC(=O)Nc3ccc(C)c(C)c3)c(C)o2)cc1. The molecule has 1 aromatic heterocycles. The summed E-state index contributed by atoms with van der Waals surface area (Å²) < 4.78 is 5.74. The molecule has 134 valence electrons. The molecule has 2 amide bonds. The van der Waals surface area contributed by atoms with Crippen molar-refractivity contribution in [1.29, 1.82) is 0 Å². The Balaban J connectivity index is 1.63. The molecule has 0 bridgehead atoms. The molecule has 0 spiro atoms. The number of rotatable bonds is 4. The summed E-state index contributed by atoms with van der Waals surface area (Å²) in [7, 11) is 0. The number of aryl methyl sites for hydroxylation is 4. The standard InChI is InChI=1S/C21H23N3O2/c1-13-5-8-17(9-6-13)20-24-19(16(4)26-20)12-22-21(25)23-18-10-7-14(2)15(3)11-18/h5-11H,12H2,1-4H3,(H2,22,23,25). The molecule has 3 rings (SSSR count). The van der Waals surface area contributed by atoms with Crippen molar-refractivity contribution in [3.63, 3.8) is 0 Å². The maximum atomic E-state index is 12.1. The monoisotopic (exact) mass is 349 g/mol. The van der Waals surface area contributed by atoms with E-state index >= 15 is 0 Å². The van der Waals surface area contributed by atoms with Crippen molar-refractivity contribution in [2.24, 2.45) is 0 Å². The van der Waals surface area contributed by atoms with Crippen LogP contribution in [0.3, 0.4) is 0 Å². The molecule has 0 saturated heterocycles. The predicted octanol–water partition coefficient (Wildman–Crippen LogP) is 4.90. The molecular formula is C21H23N3O2. The van der Waals surface area contributed by atoms with Gasteiger partial charge in [-0.3, -0.25) is 0 Å². The number of hydrogen-bond acceptors (Lipinski definition) is 3. The number of carbonyl (C=O) groups is 1. The molecule has 0 fully saturated rings. The van der Waals surface area contributed by atoms with Gasteiger partial charge in [0.05, 0.1) is 6.54 Å². The van der Waals surface area contributed by atoms with Crippen molar-refractivity contribution in [3.8, 4) is 11.5 Å². The van der Waals surface area contributed by atoms with Crippen LogP contribution >= 0.6 is 0 Å². The summed E-state index contributed by atoms with van der Waals surface area (Å²) in [6.45, 7) is 8.25. The molecule has 0 atom stereocenters. The number of nitrogens with zero attached hydrogens (tertiary/aromatic N) is 1. The van der Waals surface area contributed by atoms with Gasteiger partial charge in [0.2, 0.25) is 5.89 Å². The summed E-state index contributed by atoms with van der Waals surface area (Å²) in [5.74, 6) is 1.26. The average molecular weight is 349 g/mol. The minimum absolute atomic E-state index is 0.271. The number of aromatic nitrogens is 1. The number of urea groups is 1. The van der Waals surface area contributed by atoms with Crippen molar-refractivity contribution < 1.29 is 9.21 Å². The van der Waals surface area contributed by atoms with Crippen molar-refractivity contribution in [1.82, 2.24) is 10.3 Å². The molecule has 0 aliphatic rings. The van der Waals surface area contributed by atoms with Gasteiger partial charge < -0.3 is 15.1 Å². The van der Waals surface area contributed by atoms with E-state index < -0.39 is 0 Å². The van der Waals surface area contributed by atoms with E-state index in [0.717, 1.165) is 22.5 Å². The third kappa shape index (κ3) is 4.11. The molecule has 5 heteroatoms. The van der Waals surface area contributed by atoms with Crippen LogP contribution < -0.4 is 10.6 Å². The van der Waals surface area contributed by atoms with Crippen molar-refractivity contribution in [3.05, 3.63) is 70.6 Å². The van der Waals surface area contributed by atoms with Gasteiger partial charge in [-0.15, -0.1) is 0 Å². The van der Waals surface area contributed by atoms with Crippen LogP contribution in [-0.2, 0) is 6.54 Å². The fourth-order valence-electron chi connectivity index (χ4n) is 2.57. The summed E-state index contributed by atoms with van der Waals surface area (Å²) in [6.07, 6.45) is 0. The van der Waals surface area contributed by atoms with E-state index in [1.807, 2.05) is 70.2 Å². The number of benzene rings is 2. The lowest BCUT2D eigenvalue weighted by Gasteiger charge is -2.08. The Kier molecular flexibility index (Phi) is 5.07. The molecule has 0 aliphatic carbocycles. The van der Waals surface area contributed by atoms with Crippen LogP contribution in [0.4, 0.5) is 10.5 Å². The number of amides is 2. The number of oxazole rings is 1. The fraction of sp³-hybridized carbons (Fsp3) is 0.238. The topological polar surface area (TPSA) is 67.2 Å². The number of hydrogen-bond donors (Lipinski definition) is 2. The Hall–Kier alpha value is -3.08. The van der Waals surface area contributed by atoms with E-state index in [0.29, 0.717) is 18.2 Å². The fourth-order valence-corrected chi connectivity index (χ4v) is 2.57. The van der Waals surface area contributed by atoms with Gasteiger partial charge in [-0.05, 0) is 63.1 Å². The maximum absolute atomic E-state index is 12.1. The zero-order chi connectivity index (χ0) is 18.7. The van der Waals surface area contributed by atoms with Gasteiger partial charge in [0.25, 0.3) is 0 Å². The molecule has 1 heterocycles. The molecule has 26 heavy (non-hydrogen) atoms. The minimum atomic E-state index is -0.271. The van der Waals surface area contributed by atoms with Gasteiger partial charge in [-0.2, -0.15) is 0 Å². The molecule has 2 N–H and O–H groups in total. The average Bonchev–Trinajstić information content (AvgIpc) is 2.98. The smallest absolute Gasteiger partial charge is 0.319 e. The lowest BCUT2D eigenvalue weighted by molar-refractivity contribution is 0.251. The van der Waals surface area contributed by atoms with Gasteiger partial charge in [-0.1, -0.05) is 23.8 Å². The Labute approximate surface area is 153 Å². The second-order valence-corrected chi connectivity index (χ2v) is 6.49. The molecule has 0 unspecified atom stereocenters. The summed E-state index contributed by atoms with van der Waals surface area (Å²) >= 11 is 0. The Morgan fingerprint density at radius 1 is 1.00 bits per heavy atom. The quantitative estimate of drug-likeness (QED) is 0.704. The zero-order valence-corrected chi connectivity index (χ0v) is 15.5. The first-order valence-corrected chi connectivity index (χ1v) is 8.58. The van der Waals surface area contributed by atoms with Crippen molar-refractivity contribution in [2.45, 2.75) is 34.2 Å². The van der Waals surface area contributed by atoms with Gasteiger partial charge in [-0.25, -0.2) is 9.78 Å². The van der Waals surface area contributed by atoms with Crippen molar-refractivity contribution >= 4 is 11.7 Å². The van der Waals surface area contributed by atoms with Crippen LogP contribution in [0.1, 0.15) is 28.1 Å². The van der Waals surface area contributed by atoms with E-state index in [4.69, 9.17) is 4.42 Å². The second kappa shape index (κ2) is 7.44. The van der Waals surface area contributed by atoms with E-state index in [1.54, 1.807) is 0 Å². The van der Waals surface area contributed by atoms with E-state index in [9.17, 15) is 4.79 Å². The second-order valence-electron chi connectivity index (χ2n) is 6.49. The summed E-state index contributed by atoms with van der Waals surface area (Å²) in [4.78, 5) is 16.6. The van der Waals surface area contributed by atoms with Crippen LogP contribution in [0.2, 0.25) is 0 Å². The summed E-state index contributed by atoms with van der Waals surface area (Å²) in [5, 5.41) is 5.66. The van der Waals surface area contributed by atoms with Crippen LogP contribution in [0, 0.1) is 27.7 Å². The highest BCUT2D eigenvalue weighted by atomic mass is 16.4. The molecule has 3 aromatic rings. The third-order valence-electron chi connectivity index (χ3n) is 4.37. The number of carbonyl (C=O) groups excluding carboxylic acids is 1. The van der Waals surface area contributed by atoms with E-state index in [1.165, 1.54) is 11.1 Å². The lowest BCUT2D eigenvalue weighted by Crippen LogP contribution is -2.28. The normalized spacial score (nSPS) is 10.6. The third-order valence-corrected chi connectivity index (χ3v) is 4.37. The van der Waals surface area contributed by atoms with E-state index in [-0.39, 0.29) is 6.03 Å². The predicted molar refractivity (Wildman–Crippen MR) is 103 cm³/mol. The molecule has 5 nitrogen and oxygen atoms in total. The molecule has 0 saturated carbocycles. The van der Waals surface area contributed by atoms with Crippen LogP contribution in [0.15, 0.2) is 46.9 Å². The molecule has 0 aliphatic heterocycles. The Bertz CT molecular complexity index is 927. The number of nitrogens with one attached hydrogen (secondary N) is 2. The maximum Gasteiger partial charge on any atom is 0.319 e. The van der Waals surface area contributed by atoms with Crippen LogP contribution in [-0.4, -0.2) is 11.0 Å². The highest BCUT2D eigenvalue weighted by molar-refractivity contribution is 5.89. The van der Waals surface area contributed by atoms with Gasteiger partial charge in [0, 0.05) is 11.3 Å². The number of anilines is 1. The lowest BCUT2D eigenvalue weighted by atomic mass is 10.1. The van der Waals surface area contributed by atoms with Gasteiger partial charge in [0.1, 0.15) is 11.5 Å². The highest BCUT2D eigenvalue weighted by Crippen LogP contribution is 2.22. The van der Waals surface area contributed by atoms with Crippen LogP contribution in [0.5, 0.6) is 0 Å². The van der Waals surface area contributed by atoms with Crippen LogP contribution in [0.25, 0.3) is 11.5 Å². The summed E-state index contributed by atoms with van der Waals surface area (Å²) in [5.41, 5.74) is 5.92. The Morgan fingerprint density at radius 2 is 1.73 bits per heavy atom. The van der Waals surface area contributed by atoms with E-state index in [2.05, 4.69) is 15.6 Å². The first kappa shape index (κ1) is 17.7. The van der Waals surface area contributed by atoms with Gasteiger partial charge >= 0.3 is 6.03 Å². The summed E-state index contributed by atoms with van der Waals surface area (Å²) in [6, 6.07) is 13.5. The molecule has 0 radical (unpaired) electrons. The Morgan fingerprint density at radius 3 is 2.42 bits per heavy atom. The first-order chi connectivity index (χ1) is 12.4. The van der Waals surface area contributed by atoms with Gasteiger partial charge in [0.15, 0.2) is 0 Å². The minimum Gasteiger partial charge on any atom is -0.441 e. The zero-order valence-electron chi connectivity index (χ0n) is 15.5. The molecule has 2 aromatic carbocycles. The molecular weight excluding hydrogens is 326 g/mol. The first-order valence-electron chi connectivity index (χ1n) is 8.58. The highest BCUT2D eigenvalue weighted by Gasteiger charge is 2.12. The largest absolute Gasteiger partial charge is 0.441 e. The van der Waals surface area contributed by atoms with Crippen molar-refractivity contribution in [2.75, 3.05) is 5.32 Å².